The number of benzene rings is 3. The van der Waals surface area contributed by atoms with Crippen molar-refractivity contribution >= 4 is 22.8 Å². The smallest absolute Gasteiger partial charge is 0.244 e. The van der Waals surface area contributed by atoms with Crippen LogP contribution in [0.3, 0.4) is 0 Å². The van der Waals surface area contributed by atoms with Gasteiger partial charge >= 0.3 is 0 Å². The van der Waals surface area contributed by atoms with E-state index in [2.05, 4.69) is 5.32 Å². The molecule has 1 amide bonds. The van der Waals surface area contributed by atoms with Crippen molar-refractivity contribution < 1.29 is 13.9 Å². The second-order valence-corrected chi connectivity index (χ2v) is 5.58. The Labute approximate surface area is 145 Å². The van der Waals surface area contributed by atoms with E-state index in [-0.39, 0.29) is 11.7 Å². The molecular formula is C21H18FNO2. The summed E-state index contributed by atoms with van der Waals surface area (Å²) in [4.78, 5) is 12.0. The maximum atomic E-state index is 12.9. The van der Waals surface area contributed by atoms with Crippen LogP contribution in [0.25, 0.3) is 16.8 Å². The van der Waals surface area contributed by atoms with Crippen LogP contribution in [0, 0.1) is 5.82 Å². The topological polar surface area (TPSA) is 38.3 Å². The molecule has 0 aliphatic rings. The molecule has 0 saturated heterocycles. The first-order valence-electron chi connectivity index (χ1n) is 7.93. The largest absolute Gasteiger partial charge is 0.496 e. The molecule has 0 atom stereocenters. The Bertz CT molecular complexity index is 917. The molecule has 1 N–H and O–H groups in total. The van der Waals surface area contributed by atoms with Gasteiger partial charge in [-0.05, 0) is 40.8 Å². The summed E-state index contributed by atoms with van der Waals surface area (Å²) in [6, 6.07) is 17.7. The zero-order chi connectivity index (χ0) is 17.6. The van der Waals surface area contributed by atoms with Crippen molar-refractivity contribution in [3.05, 3.63) is 83.7 Å². The van der Waals surface area contributed by atoms with E-state index >= 15 is 0 Å². The van der Waals surface area contributed by atoms with Gasteiger partial charge in [-0.1, -0.05) is 42.5 Å². The van der Waals surface area contributed by atoms with Gasteiger partial charge in [0.25, 0.3) is 0 Å². The highest BCUT2D eigenvalue weighted by molar-refractivity contribution is 5.98. The summed E-state index contributed by atoms with van der Waals surface area (Å²) < 4.78 is 18.2. The van der Waals surface area contributed by atoms with Gasteiger partial charge in [-0.3, -0.25) is 4.79 Å². The minimum Gasteiger partial charge on any atom is -0.496 e. The molecular weight excluding hydrogens is 317 g/mol. The third-order valence-corrected chi connectivity index (χ3v) is 3.93. The molecule has 0 aliphatic heterocycles. The van der Waals surface area contributed by atoms with Crippen molar-refractivity contribution in [3.63, 3.8) is 0 Å². The molecule has 3 aromatic carbocycles. The van der Waals surface area contributed by atoms with Crippen LogP contribution in [-0.2, 0) is 11.3 Å². The van der Waals surface area contributed by atoms with E-state index in [0.29, 0.717) is 6.54 Å². The normalized spacial score (nSPS) is 11.0. The molecule has 4 heteroatoms. The van der Waals surface area contributed by atoms with Gasteiger partial charge in [0.2, 0.25) is 5.91 Å². The van der Waals surface area contributed by atoms with Gasteiger partial charge in [-0.2, -0.15) is 0 Å². The molecule has 0 fully saturated rings. The lowest BCUT2D eigenvalue weighted by Crippen LogP contribution is -2.20. The Hall–Kier alpha value is -3.14. The van der Waals surface area contributed by atoms with Crippen molar-refractivity contribution in [2.75, 3.05) is 7.11 Å². The Balaban J connectivity index is 1.72. The number of halogens is 1. The monoisotopic (exact) mass is 335 g/mol. The molecule has 0 spiro atoms. The van der Waals surface area contributed by atoms with E-state index in [9.17, 15) is 9.18 Å². The van der Waals surface area contributed by atoms with Gasteiger partial charge in [-0.25, -0.2) is 4.39 Å². The van der Waals surface area contributed by atoms with E-state index in [0.717, 1.165) is 27.6 Å². The molecule has 0 bridgehead atoms. The maximum Gasteiger partial charge on any atom is 0.244 e. The standard InChI is InChI=1S/C21H18FNO2/c1-25-20-12-8-16(18-4-2-3-5-19(18)20)9-13-21(24)23-14-15-6-10-17(22)11-7-15/h2-13H,14H2,1H3,(H,23,24)/b13-9+. The number of rotatable bonds is 5. The third-order valence-electron chi connectivity index (χ3n) is 3.93. The zero-order valence-corrected chi connectivity index (χ0v) is 13.8. The fraction of sp³-hybridized carbons (Fsp3) is 0.0952. The van der Waals surface area contributed by atoms with Crippen LogP contribution in [0.4, 0.5) is 4.39 Å². The molecule has 25 heavy (non-hydrogen) atoms. The zero-order valence-electron chi connectivity index (χ0n) is 13.8. The predicted octanol–water partition coefficient (Wildman–Crippen LogP) is 4.32. The fourth-order valence-electron chi connectivity index (χ4n) is 2.63. The van der Waals surface area contributed by atoms with Gasteiger partial charge in [-0.15, -0.1) is 0 Å². The van der Waals surface area contributed by atoms with Crippen molar-refractivity contribution in [1.82, 2.24) is 5.32 Å². The number of amides is 1. The maximum absolute atomic E-state index is 12.9. The average Bonchev–Trinajstić information content (AvgIpc) is 2.65. The summed E-state index contributed by atoms with van der Waals surface area (Å²) in [5.74, 6) is 0.305. The Morgan fingerprint density at radius 3 is 2.48 bits per heavy atom. The van der Waals surface area contributed by atoms with Crippen LogP contribution in [0.1, 0.15) is 11.1 Å². The molecule has 3 rings (SSSR count). The summed E-state index contributed by atoms with van der Waals surface area (Å²) >= 11 is 0. The predicted molar refractivity (Wildman–Crippen MR) is 97.8 cm³/mol. The van der Waals surface area contributed by atoms with E-state index in [1.54, 1.807) is 25.3 Å². The van der Waals surface area contributed by atoms with Crippen LogP contribution in [0.15, 0.2) is 66.7 Å². The van der Waals surface area contributed by atoms with Crippen molar-refractivity contribution in [2.45, 2.75) is 6.54 Å². The quantitative estimate of drug-likeness (QED) is 0.705. The first-order chi connectivity index (χ1) is 12.2. The van der Waals surface area contributed by atoms with Crippen molar-refractivity contribution in [3.8, 4) is 5.75 Å². The third kappa shape index (κ3) is 4.04. The summed E-state index contributed by atoms with van der Waals surface area (Å²) in [6.45, 7) is 0.354. The lowest BCUT2D eigenvalue weighted by atomic mass is 10.0. The summed E-state index contributed by atoms with van der Waals surface area (Å²) in [5, 5.41) is 4.80. The van der Waals surface area contributed by atoms with Gasteiger partial charge in [0.15, 0.2) is 0 Å². The van der Waals surface area contributed by atoms with Crippen LogP contribution < -0.4 is 10.1 Å². The first-order valence-corrected chi connectivity index (χ1v) is 7.93. The number of hydrogen-bond donors (Lipinski definition) is 1. The molecule has 0 unspecified atom stereocenters. The lowest BCUT2D eigenvalue weighted by Gasteiger charge is -2.08. The second kappa shape index (κ2) is 7.62. The van der Waals surface area contributed by atoms with Crippen LogP contribution in [-0.4, -0.2) is 13.0 Å². The minimum absolute atomic E-state index is 0.204. The van der Waals surface area contributed by atoms with E-state index in [4.69, 9.17) is 4.74 Å². The highest BCUT2D eigenvalue weighted by atomic mass is 19.1. The summed E-state index contributed by atoms with van der Waals surface area (Å²) in [5.41, 5.74) is 1.78. The molecule has 3 aromatic rings. The van der Waals surface area contributed by atoms with E-state index in [1.807, 2.05) is 36.4 Å². The number of ether oxygens (including phenoxy) is 1. The number of carbonyl (C=O) groups excluding carboxylic acids is 1. The molecule has 0 heterocycles. The SMILES string of the molecule is COc1ccc(/C=C/C(=O)NCc2ccc(F)cc2)c2ccccc12. The van der Waals surface area contributed by atoms with E-state index < -0.39 is 0 Å². The fourth-order valence-corrected chi connectivity index (χ4v) is 2.63. The van der Waals surface area contributed by atoms with Gasteiger partial charge in [0, 0.05) is 18.0 Å². The molecule has 0 aliphatic carbocycles. The summed E-state index contributed by atoms with van der Waals surface area (Å²) in [6.07, 6.45) is 3.28. The Kier molecular flexibility index (Phi) is 5.09. The second-order valence-electron chi connectivity index (χ2n) is 5.58. The molecule has 0 saturated carbocycles. The van der Waals surface area contributed by atoms with Crippen LogP contribution >= 0.6 is 0 Å². The number of hydrogen-bond acceptors (Lipinski definition) is 2. The lowest BCUT2D eigenvalue weighted by molar-refractivity contribution is -0.116. The summed E-state index contributed by atoms with van der Waals surface area (Å²) in [7, 11) is 1.64. The number of fused-ring (bicyclic) bond motifs is 1. The number of methoxy groups -OCH3 is 1. The van der Waals surface area contributed by atoms with E-state index in [1.165, 1.54) is 18.2 Å². The first kappa shape index (κ1) is 16.7. The number of carbonyl (C=O) groups is 1. The van der Waals surface area contributed by atoms with Crippen LogP contribution in [0.2, 0.25) is 0 Å². The Morgan fingerprint density at radius 1 is 1.04 bits per heavy atom. The highest BCUT2D eigenvalue weighted by Gasteiger charge is 2.04. The molecule has 3 nitrogen and oxygen atoms in total. The van der Waals surface area contributed by atoms with Crippen molar-refractivity contribution in [1.29, 1.82) is 0 Å². The van der Waals surface area contributed by atoms with Gasteiger partial charge in [0.05, 0.1) is 7.11 Å². The molecule has 0 radical (unpaired) electrons. The highest BCUT2D eigenvalue weighted by Crippen LogP contribution is 2.28. The minimum atomic E-state index is -0.290. The Morgan fingerprint density at radius 2 is 1.76 bits per heavy atom. The van der Waals surface area contributed by atoms with Gasteiger partial charge in [0.1, 0.15) is 11.6 Å². The molecule has 126 valence electrons. The molecule has 0 aromatic heterocycles. The number of nitrogens with one attached hydrogen (secondary N) is 1. The van der Waals surface area contributed by atoms with Crippen LogP contribution in [0.5, 0.6) is 5.75 Å². The van der Waals surface area contributed by atoms with Crippen molar-refractivity contribution in [2.24, 2.45) is 0 Å². The van der Waals surface area contributed by atoms with Gasteiger partial charge < -0.3 is 10.1 Å². The average molecular weight is 335 g/mol.